The van der Waals surface area contributed by atoms with Crippen LogP contribution in [0.25, 0.3) is 0 Å². The molecule has 0 unspecified atom stereocenters. The highest BCUT2D eigenvalue weighted by atomic mass is 35.5. The lowest BCUT2D eigenvalue weighted by atomic mass is 10.2. The van der Waals surface area contributed by atoms with Crippen LogP contribution in [-0.4, -0.2) is 36.6 Å². The van der Waals surface area contributed by atoms with Crippen molar-refractivity contribution in [3.05, 3.63) is 59.1 Å². The average Bonchev–Trinajstić information content (AvgIpc) is 2.73. The Labute approximate surface area is 179 Å². The molecule has 0 aliphatic heterocycles. The van der Waals surface area contributed by atoms with Crippen molar-refractivity contribution in [2.75, 3.05) is 11.9 Å². The van der Waals surface area contributed by atoms with E-state index >= 15 is 0 Å². The van der Waals surface area contributed by atoms with Crippen LogP contribution in [0.1, 0.15) is 25.8 Å². The highest BCUT2D eigenvalue weighted by Crippen LogP contribution is 2.25. The van der Waals surface area contributed by atoms with E-state index in [1.807, 2.05) is 25.1 Å². The van der Waals surface area contributed by atoms with E-state index < -0.39 is 11.8 Å². The molecule has 2 rings (SSSR count). The normalized spacial score (nSPS) is 11.6. The number of benzene rings is 2. The van der Waals surface area contributed by atoms with Crippen molar-refractivity contribution in [1.29, 1.82) is 0 Å². The zero-order chi connectivity index (χ0) is 21.9. The second-order valence-corrected chi connectivity index (χ2v) is 6.78. The molecule has 0 saturated heterocycles. The summed E-state index contributed by atoms with van der Waals surface area (Å²) in [6, 6.07) is 13.7. The number of carbonyl (C=O) groups excluding carboxylic acids is 3. The Bertz CT molecular complexity index is 918. The standard InChI is InChI=1S/C21H23ClN4O4/c1-3-14(2)24-20(28)21(29)26-23-12-15-9-10-18(17(22)11-15)30-13-19(27)25-16-7-5-4-6-8-16/h4-12,14H,3,13H2,1-2H3,(H,24,28)(H,25,27)(H,26,29)/b23-12-/t14-/m0/s1. The number of nitrogens with zero attached hydrogens (tertiary/aromatic N) is 1. The van der Waals surface area contributed by atoms with Gasteiger partial charge >= 0.3 is 11.8 Å². The maximum atomic E-state index is 11.9. The number of anilines is 1. The van der Waals surface area contributed by atoms with E-state index in [9.17, 15) is 14.4 Å². The van der Waals surface area contributed by atoms with Gasteiger partial charge in [-0.2, -0.15) is 5.10 Å². The minimum Gasteiger partial charge on any atom is -0.482 e. The summed E-state index contributed by atoms with van der Waals surface area (Å²) in [6.45, 7) is 3.49. The van der Waals surface area contributed by atoms with Gasteiger partial charge in [0.1, 0.15) is 5.75 Å². The molecule has 0 fully saturated rings. The number of hydrogen-bond acceptors (Lipinski definition) is 5. The minimum atomic E-state index is -0.859. The van der Waals surface area contributed by atoms with Crippen molar-refractivity contribution in [3.63, 3.8) is 0 Å². The van der Waals surface area contributed by atoms with Crippen LogP contribution in [0.15, 0.2) is 53.6 Å². The summed E-state index contributed by atoms with van der Waals surface area (Å²) in [5, 5.41) is 9.25. The summed E-state index contributed by atoms with van der Waals surface area (Å²) in [7, 11) is 0. The summed E-state index contributed by atoms with van der Waals surface area (Å²) in [5.41, 5.74) is 3.39. The zero-order valence-corrected chi connectivity index (χ0v) is 17.4. The van der Waals surface area contributed by atoms with Crippen molar-refractivity contribution >= 4 is 41.2 Å². The summed E-state index contributed by atoms with van der Waals surface area (Å²) in [4.78, 5) is 35.2. The molecular formula is C21H23ClN4O4. The van der Waals surface area contributed by atoms with Crippen LogP contribution in [0.4, 0.5) is 5.69 Å². The van der Waals surface area contributed by atoms with E-state index in [1.54, 1.807) is 37.3 Å². The minimum absolute atomic E-state index is 0.103. The second kappa shape index (κ2) is 11.6. The van der Waals surface area contributed by atoms with Gasteiger partial charge < -0.3 is 15.4 Å². The van der Waals surface area contributed by atoms with Crippen LogP contribution in [0, 0.1) is 0 Å². The first-order valence-electron chi connectivity index (χ1n) is 9.30. The van der Waals surface area contributed by atoms with E-state index in [0.29, 0.717) is 23.4 Å². The van der Waals surface area contributed by atoms with E-state index in [-0.39, 0.29) is 23.6 Å². The maximum Gasteiger partial charge on any atom is 0.329 e. The molecule has 0 radical (unpaired) electrons. The fourth-order valence-corrected chi connectivity index (χ4v) is 2.43. The highest BCUT2D eigenvalue weighted by molar-refractivity contribution is 6.35. The van der Waals surface area contributed by atoms with E-state index in [2.05, 4.69) is 21.2 Å². The Morgan fingerprint density at radius 2 is 1.87 bits per heavy atom. The molecule has 0 aliphatic carbocycles. The van der Waals surface area contributed by atoms with E-state index in [1.165, 1.54) is 6.21 Å². The topological polar surface area (TPSA) is 109 Å². The van der Waals surface area contributed by atoms with Crippen LogP contribution in [0.5, 0.6) is 5.75 Å². The van der Waals surface area contributed by atoms with Gasteiger partial charge in [-0.1, -0.05) is 36.7 Å². The van der Waals surface area contributed by atoms with Crippen LogP contribution in [0.3, 0.4) is 0 Å². The third kappa shape index (κ3) is 7.56. The third-order valence-electron chi connectivity index (χ3n) is 3.95. The smallest absolute Gasteiger partial charge is 0.329 e. The first kappa shape index (κ1) is 22.9. The molecule has 3 amide bonds. The molecule has 0 heterocycles. The van der Waals surface area contributed by atoms with Gasteiger partial charge in [0.15, 0.2) is 6.61 Å². The largest absolute Gasteiger partial charge is 0.482 e. The van der Waals surface area contributed by atoms with Gasteiger partial charge in [0.25, 0.3) is 5.91 Å². The number of rotatable bonds is 8. The van der Waals surface area contributed by atoms with Crippen molar-refractivity contribution < 1.29 is 19.1 Å². The summed E-state index contributed by atoms with van der Waals surface area (Å²) < 4.78 is 5.44. The first-order valence-corrected chi connectivity index (χ1v) is 9.68. The number of nitrogens with one attached hydrogen (secondary N) is 3. The highest BCUT2D eigenvalue weighted by Gasteiger charge is 2.14. The molecule has 1 atom stereocenters. The SMILES string of the molecule is CC[C@H](C)NC(=O)C(=O)N/N=C\c1ccc(OCC(=O)Nc2ccccc2)c(Cl)c1. The lowest BCUT2D eigenvalue weighted by Gasteiger charge is -2.10. The molecule has 0 aromatic heterocycles. The Morgan fingerprint density at radius 3 is 2.53 bits per heavy atom. The lowest BCUT2D eigenvalue weighted by Crippen LogP contribution is -2.41. The van der Waals surface area contributed by atoms with Gasteiger partial charge in [0.05, 0.1) is 11.2 Å². The van der Waals surface area contributed by atoms with Crippen molar-refractivity contribution in [2.24, 2.45) is 5.10 Å². The predicted molar refractivity (Wildman–Crippen MR) is 116 cm³/mol. The van der Waals surface area contributed by atoms with Crippen molar-refractivity contribution in [3.8, 4) is 5.75 Å². The molecule has 0 aliphatic rings. The van der Waals surface area contributed by atoms with Gasteiger partial charge in [-0.05, 0) is 49.2 Å². The van der Waals surface area contributed by atoms with E-state index in [0.717, 1.165) is 0 Å². The molecule has 30 heavy (non-hydrogen) atoms. The first-order chi connectivity index (χ1) is 14.4. The van der Waals surface area contributed by atoms with Gasteiger partial charge in [0, 0.05) is 11.7 Å². The zero-order valence-electron chi connectivity index (χ0n) is 16.6. The quantitative estimate of drug-likeness (QED) is 0.340. The Balaban J connectivity index is 1.84. The molecule has 0 spiro atoms. The number of carbonyl (C=O) groups is 3. The average molecular weight is 431 g/mol. The van der Waals surface area contributed by atoms with Crippen molar-refractivity contribution in [2.45, 2.75) is 26.3 Å². The fourth-order valence-electron chi connectivity index (χ4n) is 2.18. The third-order valence-corrected chi connectivity index (χ3v) is 4.24. The van der Waals surface area contributed by atoms with Crippen LogP contribution in [0.2, 0.25) is 5.02 Å². The molecule has 0 saturated carbocycles. The van der Waals surface area contributed by atoms with Crippen molar-refractivity contribution in [1.82, 2.24) is 10.7 Å². The molecule has 9 heteroatoms. The molecule has 2 aromatic rings. The lowest BCUT2D eigenvalue weighted by molar-refractivity contribution is -0.139. The molecule has 0 bridgehead atoms. The van der Waals surface area contributed by atoms with Gasteiger partial charge in [0.2, 0.25) is 0 Å². The summed E-state index contributed by atoms with van der Waals surface area (Å²) in [6.07, 6.45) is 2.05. The Morgan fingerprint density at radius 1 is 1.13 bits per heavy atom. The number of hydrogen-bond donors (Lipinski definition) is 3. The second-order valence-electron chi connectivity index (χ2n) is 6.37. The molecule has 3 N–H and O–H groups in total. The van der Waals surface area contributed by atoms with Crippen LogP contribution in [-0.2, 0) is 14.4 Å². The monoisotopic (exact) mass is 430 g/mol. The van der Waals surface area contributed by atoms with Crippen LogP contribution < -0.4 is 20.8 Å². The number of ether oxygens (including phenoxy) is 1. The van der Waals surface area contributed by atoms with E-state index in [4.69, 9.17) is 16.3 Å². The predicted octanol–water partition coefficient (Wildman–Crippen LogP) is 2.72. The molecule has 2 aromatic carbocycles. The number of para-hydroxylation sites is 1. The van der Waals surface area contributed by atoms with Crippen LogP contribution >= 0.6 is 11.6 Å². The van der Waals surface area contributed by atoms with Gasteiger partial charge in [-0.15, -0.1) is 0 Å². The number of halogens is 1. The Kier molecular flexibility index (Phi) is 8.83. The fraction of sp³-hybridized carbons (Fsp3) is 0.238. The van der Waals surface area contributed by atoms with Gasteiger partial charge in [-0.25, -0.2) is 5.43 Å². The molecular weight excluding hydrogens is 408 g/mol. The molecule has 8 nitrogen and oxygen atoms in total. The maximum absolute atomic E-state index is 11.9. The molecule has 158 valence electrons. The summed E-state index contributed by atoms with van der Waals surface area (Å²) >= 11 is 6.17. The summed E-state index contributed by atoms with van der Waals surface area (Å²) in [5.74, 6) is -1.60. The number of hydrazone groups is 1. The number of amides is 3. The van der Waals surface area contributed by atoms with Gasteiger partial charge in [-0.3, -0.25) is 14.4 Å². The Hall–Kier alpha value is -3.39.